The smallest absolute Gasteiger partial charge is 0.261 e. The molecule has 1 rings (SSSR count). The lowest BCUT2D eigenvalue weighted by Gasteiger charge is -2.03. The van der Waals surface area contributed by atoms with Gasteiger partial charge in [0.25, 0.3) is 6.43 Å². The number of alkyl halides is 2. The Kier molecular flexibility index (Phi) is 4.98. The number of rotatable bonds is 6. The summed E-state index contributed by atoms with van der Waals surface area (Å²) in [5, 5.41) is 0. The molecule has 1 aromatic rings. The van der Waals surface area contributed by atoms with E-state index in [1.165, 1.54) is 6.20 Å². The summed E-state index contributed by atoms with van der Waals surface area (Å²) in [6.45, 7) is 1.22. The normalized spacial score (nSPS) is 10.8. The van der Waals surface area contributed by atoms with Crippen LogP contribution in [0.1, 0.15) is 22.3 Å². The van der Waals surface area contributed by atoms with Crippen LogP contribution in [0.25, 0.3) is 0 Å². The Morgan fingerprint density at radius 2 is 2.25 bits per heavy atom. The minimum atomic E-state index is -2.49. The van der Waals surface area contributed by atoms with E-state index < -0.39 is 13.0 Å². The molecule has 0 amide bonds. The lowest BCUT2D eigenvalue weighted by molar-refractivity contribution is 0.0170. The highest BCUT2D eigenvalue weighted by Crippen LogP contribution is 2.05. The summed E-state index contributed by atoms with van der Waals surface area (Å²) >= 11 is 0. The molecule has 0 aliphatic carbocycles. The zero-order valence-corrected chi connectivity index (χ0v) is 8.95. The number of ether oxygens (including phenoxy) is 1. The van der Waals surface area contributed by atoms with Crippen LogP contribution in [0.3, 0.4) is 0 Å². The second-order valence-electron chi connectivity index (χ2n) is 3.39. The van der Waals surface area contributed by atoms with Crippen molar-refractivity contribution in [1.82, 2.24) is 4.98 Å². The van der Waals surface area contributed by atoms with Gasteiger partial charge in [0.05, 0.1) is 6.61 Å². The first-order valence-electron chi connectivity index (χ1n) is 4.90. The number of aryl methyl sites for hydroxylation is 1. The van der Waals surface area contributed by atoms with Gasteiger partial charge in [-0.1, -0.05) is 0 Å². The molecule has 0 atom stereocenters. The first-order chi connectivity index (χ1) is 7.59. The molecular formula is C11H13F2NO2. The van der Waals surface area contributed by atoms with Gasteiger partial charge in [-0.15, -0.1) is 0 Å². The van der Waals surface area contributed by atoms with E-state index in [1.807, 2.05) is 6.92 Å². The van der Waals surface area contributed by atoms with E-state index in [1.54, 1.807) is 12.3 Å². The number of halogens is 2. The lowest BCUT2D eigenvalue weighted by Crippen LogP contribution is -2.09. The van der Waals surface area contributed by atoms with Gasteiger partial charge in [0, 0.05) is 24.4 Å². The van der Waals surface area contributed by atoms with Crippen LogP contribution in [0.5, 0.6) is 0 Å². The van der Waals surface area contributed by atoms with Crippen molar-refractivity contribution < 1.29 is 18.3 Å². The van der Waals surface area contributed by atoms with Crippen molar-refractivity contribution >= 4 is 5.78 Å². The zero-order chi connectivity index (χ0) is 12.0. The molecule has 0 bridgehead atoms. The largest absolute Gasteiger partial charge is 0.375 e. The molecule has 0 fully saturated rings. The second-order valence-corrected chi connectivity index (χ2v) is 3.39. The first kappa shape index (κ1) is 12.7. The highest BCUT2D eigenvalue weighted by molar-refractivity contribution is 5.95. The summed E-state index contributed by atoms with van der Waals surface area (Å²) in [4.78, 5) is 15.4. The van der Waals surface area contributed by atoms with Crippen LogP contribution in [0, 0.1) is 6.92 Å². The van der Waals surface area contributed by atoms with Crippen molar-refractivity contribution in [2.75, 3.05) is 13.2 Å². The maximum Gasteiger partial charge on any atom is 0.261 e. The average Bonchev–Trinajstić information content (AvgIpc) is 2.24. The van der Waals surface area contributed by atoms with Gasteiger partial charge in [-0.3, -0.25) is 9.78 Å². The van der Waals surface area contributed by atoms with Gasteiger partial charge >= 0.3 is 0 Å². The summed E-state index contributed by atoms with van der Waals surface area (Å²) in [7, 11) is 0. The molecule has 88 valence electrons. The van der Waals surface area contributed by atoms with Crippen molar-refractivity contribution in [2.45, 2.75) is 19.8 Å². The van der Waals surface area contributed by atoms with Gasteiger partial charge in [-0.05, 0) is 18.6 Å². The topological polar surface area (TPSA) is 39.2 Å². The molecule has 0 N–H and O–H groups in total. The molecule has 16 heavy (non-hydrogen) atoms. The second kappa shape index (κ2) is 6.27. The van der Waals surface area contributed by atoms with Crippen LogP contribution in [-0.2, 0) is 4.74 Å². The van der Waals surface area contributed by atoms with Crippen molar-refractivity contribution in [3.8, 4) is 0 Å². The van der Waals surface area contributed by atoms with E-state index in [9.17, 15) is 13.6 Å². The molecular weight excluding hydrogens is 216 g/mol. The lowest BCUT2D eigenvalue weighted by atomic mass is 10.1. The molecule has 0 aromatic carbocycles. The van der Waals surface area contributed by atoms with E-state index in [2.05, 4.69) is 9.72 Å². The molecule has 0 aliphatic heterocycles. The van der Waals surface area contributed by atoms with Gasteiger partial charge in [0.15, 0.2) is 5.78 Å². The highest BCUT2D eigenvalue weighted by atomic mass is 19.3. The minimum Gasteiger partial charge on any atom is -0.375 e. The number of carbonyl (C=O) groups excluding carboxylic acids is 1. The maximum absolute atomic E-state index is 11.7. The molecule has 1 heterocycles. The standard InChI is InChI=1S/C11H13F2NO2/c1-8-4-9(6-14-5-8)10(15)2-3-16-7-11(12)13/h4-6,11H,2-3,7H2,1H3. The molecule has 0 saturated heterocycles. The Balaban J connectivity index is 2.35. The molecule has 5 heteroatoms. The number of pyridine rings is 1. The van der Waals surface area contributed by atoms with Gasteiger partial charge in [-0.2, -0.15) is 0 Å². The molecule has 0 aliphatic rings. The fourth-order valence-corrected chi connectivity index (χ4v) is 1.19. The molecule has 0 saturated carbocycles. The van der Waals surface area contributed by atoms with Gasteiger partial charge < -0.3 is 4.74 Å². The van der Waals surface area contributed by atoms with Crippen molar-refractivity contribution in [3.05, 3.63) is 29.6 Å². The summed E-state index contributed by atoms with van der Waals surface area (Å²) in [5.41, 5.74) is 1.37. The van der Waals surface area contributed by atoms with E-state index in [0.717, 1.165) is 5.56 Å². The average molecular weight is 229 g/mol. The van der Waals surface area contributed by atoms with Crippen LogP contribution >= 0.6 is 0 Å². The minimum absolute atomic E-state index is 0.0110. The number of Topliss-reactive ketones (excluding diaryl/α,β-unsaturated/α-hetero) is 1. The van der Waals surface area contributed by atoms with Crippen LogP contribution < -0.4 is 0 Å². The van der Waals surface area contributed by atoms with Crippen molar-refractivity contribution in [2.24, 2.45) is 0 Å². The van der Waals surface area contributed by atoms with Crippen molar-refractivity contribution in [3.63, 3.8) is 0 Å². The Morgan fingerprint density at radius 3 is 2.88 bits per heavy atom. The van der Waals surface area contributed by atoms with Gasteiger partial charge in [0.1, 0.15) is 6.61 Å². The molecule has 0 unspecified atom stereocenters. The van der Waals surface area contributed by atoms with Crippen LogP contribution in [0.4, 0.5) is 8.78 Å². The summed E-state index contributed by atoms with van der Waals surface area (Å²) < 4.78 is 28.1. The Morgan fingerprint density at radius 1 is 1.50 bits per heavy atom. The SMILES string of the molecule is Cc1cncc(C(=O)CCOCC(F)F)c1. The first-order valence-corrected chi connectivity index (χ1v) is 4.90. The number of carbonyl (C=O) groups is 1. The number of hydrogen-bond donors (Lipinski definition) is 0. The fraction of sp³-hybridized carbons (Fsp3) is 0.455. The highest BCUT2D eigenvalue weighted by Gasteiger charge is 2.07. The summed E-state index contributed by atoms with van der Waals surface area (Å²) in [5.74, 6) is -0.148. The zero-order valence-electron chi connectivity index (χ0n) is 8.95. The predicted octanol–water partition coefficient (Wildman–Crippen LogP) is 2.24. The van der Waals surface area contributed by atoms with E-state index >= 15 is 0 Å². The fourth-order valence-electron chi connectivity index (χ4n) is 1.19. The van der Waals surface area contributed by atoms with Crippen LogP contribution in [-0.4, -0.2) is 30.4 Å². The maximum atomic E-state index is 11.7. The summed E-state index contributed by atoms with van der Waals surface area (Å²) in [6.07, 6.45) is 0.709. The third-order valence-electron chi connectivity index (χ3n) is 1.91. The van der Waals surface area contributed by atoms with Gasteiger partial charge in [-0.25, -0.2) is 8.78 Å². The number of hydrogen-bond acceptors (Lipinski definition) is 3. The summed E-state index contributed by atoms with van der Waals surface area (Å²) in [6, 6.07) is 1.71. The Labute approximate surface area is 92.4 Å². The Bertz CT molecular complexity index is 356. The van der Waals surface area contributed by atoms with E-state index in [4.69, 9.17) is 0 Å². The molecule has 0 radical (unpaired) electrons. The number of ketones is 1. The van der Waals surface area contributed by atoms with E-state index in [0.29, 0.717) is 5.56 Å². The van der Waals surface area contributed by atoms with Crippen LogP contribution in [0.2, 0.25) is 0 Å². The number of aromatic nitrogens is 1. The van der Waals surface area contributed by atoms with E-state index in [-0.39, 0.29) is 18.8 Å². The molecule has 1 aromatic heterocycles. The third kappa shape index (κ3) is 4.44. The van der Waals surface area contributed by atoms with Crippen molar-refractivity contribution in [1.29, 1.82) is 0 Å². The number of nitrogens with zero attached hydrogens (tertiary/aromatic N) is 1. The Hall–Kier alpha value is -1.36. The monoisotopic (exact) mass is 229 g/mol. The van der Waals surface area contributed by atoms with Gasteiger partial charge in [0.2, 0.25) is 0 Å². The predicted molar refractivity (Wildman–Crippen MR) is 54.7 cm³/mol. The molecule has 0 spiro atoms. The third-order valence-corrected chi connectivity index (χ3v) is 1.91. The quantitative estimate of drug-likeness (QED) is 0.554. The molecule has 3 nitrogen and oxygen atoms in total. The van der Waals surface area contributed by atoms with Crippen LogP contribution in [0.15, 0.2) is 18.5 Å².